The molecule has 2 aromatic rings. The summed E-state index contributed by atoms with van der Waals surface area (Å²) in [5.41, 5.74) is 5.36. The fourth-order valence-corrected chi connectivity index (χ4v) is 4.71. The molecule has 1 N–H and O–H groups in total. The number of nitrogens with one attached hydrogen (secondary N) is 1. The minimum absolute atomic E-state index is 0.355. The molecule has 1 aromatic heterocycles. The maximum Gasteiger partial charge on any atom is 0.129 e. The summed E-state index contributed by atoms with van der Waals surface area (Å²) in [7, 11) is 6.40. The van der Waals surface area contributed by atoms with Crippen LogP contribution in [0, 0.1) is 5.92 Å². The lowest BCUT2D eigenvalue weighted by Gasteiger charge is -2.37. The number of nitrogens with zero attached hydrogens (tertiary/aromatic N) is 4. The summed E-state index contributed by atoms with van der Waals surface area (Å²) in [6, 6.07) is 10.4. The van der Waals surface area contributed by atoms with Crippen LogP contribution >= 0.6 is 11.6 Å². The number of rotatable bonds is 10. The van der Waals surface area contributed by atoms with Gasteiger partial charge in [0.1, 0.15) is 5.82 Å². The zero-order valence-corrected chi connectivity index (χ0v) is 22.2. The second kappa shape index (κ2) is 12.5. The van der Waals surface area contributed by atoms with Gasteiger partial charge < -0.3 is 15.1 Å². The lowest BCUT2D eigenvalue weighted by molar-refractivity contribution is 0.274. The van der Waals surface area contributed by atoms with E-state index in [1.165, 1.54) is 5.70 Å². The summed E-state index contributed by atoms with van der Waals surface area (Å²) in [6.07, 6.45) is 5.97. The summed E-state index contributed by atoms with van der Waals surface area (Å²) in [6.45, 7) is 12.1. The Balaban J connectivity index is 2.15. The Bertz CT molecular complexity index is 992. The highest BCUT2D eigenvalue weighted by atomic mass is 35.5. The van der Waals surface area contributed by atoms with Crippen molar-refractivity contribution < 1.29 is 0 Å². The van der Waals surface area contributed by atoms with Crippen LogP contribution in [0.25, 0.3) is 11.1 Å². The summed E-state index contributed by atoms with van der Waals surface area (Å²) in [5.74, 6) is 1.32. The zero-order chi connectivity index (χ0) is 24.7. The number of aryl methyl sites for hydroxylation is 1. The summed E-state index contributed by atoms with van der Waals surface area (Å²) < 4.78 is 0. The molecule has 6 heteroatoms. The Labute approximate surface area is 210 Å². The van der Waals surface area contributed by atoms with Crippen LogP contribution in [-0.4, -0.2) is 66.6 Å². The SMILES string of the molecule is C=C(/C(=C(/C1CCNCC1)N(C)C(C)C)c1ccnc(CCCN(C)C)n1)c1cccc(Cl)c1. The summed E-state index contributed by atoms with van der Waals surface area (Å²) in [5, 5.41) is 4.23. The molecule has 1 saturated heterocycles. The van der Waals surface area contributed by atoms with E-state index in [1.807, 2.05) is 30.5 Å². The molecule has 0 aliphatic carbocycles. The van der Waals surface area contributed by atoms with Gasteiger partial charge >= 0.3 is 0 Å². The van der Waals surface area contributed by atoms with Crippen molar-refractivity contribution in [3.63, 3.8) is 0 Å². The Morgan fingerprint density at radius 2 is 1.91 bits per heavy atom. The average Bonchev–Trinajstić information content (AvgIpc) is 2.82. The normalized spacial score (nSPS) is 15.5. The summed E-state index contributed by atoms with van der Waals surface area (Å²) >= 11 is 6.38. The molecule has 0 bridgehead atoms. The molecule has 34 heavy (non-hydrogen) atoms. The van der Waals surface area contributed by atoms with E-state index < -0.39 is 0 Å². The van der Waals surface area contributed by atoms with Crippen LogP contribution in [0.4, 0.5) is 0 Å². The van der Waals surface area contributed by atoms with E-state index in [-0.39, 0.29) is 0 Å². The van der Waals surface area contributed by atoms with E-state index in [1.54, 1.807) is 0 Å². The van der Waals surface area contributed by atoms with Gasteiger partial charge in [-0.05, 0) is 96.2 Å². The van der Waals surface area contributed by atoms with Crippen molar-refractivity contribution in [3.05, 3.63) is 70.9 Å². The maximum absolute atomic E-state index is 6.38. The minimum atomic E-state index is 0.355. The Morgan fingerprint density at radius 3 is 2.56 bits per heavy atom. The van der Waals surface area contributed by atoms with E-state index >= 15 is 0 Å². The minimum Gasteiger partial charge on any atom is -0.375 e. The molecule has 2 heterocycles. The number of benzene rings is 1. The molecule has 1 aliphatic heterocycles. The Morgan fingerprint density at radius 1 is 1.18 bits per heavy atom. The van der Waals surface area contributed by atoms with Crippen molar-refractivity contribution in [2.75, 3.05) is 40.8 Å². The molecule has 0 amide bonds. The molecular weight excluding hydrogens is 442 g/mol. The molecule has 0 saturated carbocycles. The zero-order valence-electron chi connectivity index (χ0n) is 21.4. The quantitative estimate of drug-likeness (QED) is 0.461. The molecule has 0 spiro atoms. The molecule has 0 unspecified atom stereocenters. The predicted molar refractivity (Wildman–Crippen MR) is 145 cm³/mol. The van der Waals surface area contributed by atoms with Gasteiger partial charge in [0.25, 0.3) is 0 Å². The van der Waals surface area contributed by atoms with Gasteiger partial charge in [-0.25, -0.2) is 9.97 Å². The van der Waals surface area contributed by atoms with Gasteiger partial charge in [0, 0.05) is 47.9 Å². The second-order valence-electron chi connectivity index (χ2n) is 9.74. The van der Waals surface area contributed by atoms with Crippen molar-refractivity contribution in [3.8, 4) is 0 Å². The van der Waals surface area contributed by atoms with Gasteiger partial charge in [-0.3, -0.25) is 0 Å². The van der Waals surface area contributed by atoms with Crippen molar-refractivity contribution in [1.82, 2.24) is 25.1 Å². The van der Waals surface area contributed by atoms with E-state index in [0.717, 1.165) is 73.5 Å². The van der Waals surface area contributed by atoms with Crippen molar-refractivity contribution in [2.45, 2.75) is 45.6 Å². The number of hydrogen-bond donors (Lipinski definition) is 1. The molecule has 1 aliphatic rings. The van der Waals surface area contributed by atoms with Crippen molar-refractivity contribution in [1.29, 1.82) is 0 Å². The van der Waals surface area contributed by atoms with Crippen LogP contribution in [0.2, 0.25) is 5.02 Å². The van der Waals surface area contributed by atoms with Crippen molar-refractivity contribution >= 4 is 22.7 Å². The van der Waals surface area contributed by atoms with E-state index in [2.05, 4.69) is 67.7 Å². The van der Waals surface area contributed by atoms with Gasteiger partial charge in [0.2, 0.25) is 0 Å². The highest BCUT2D eigenvalue weighted by molar-refractivity contribution is 6.30. The summed E-state index contributed by atoms with van der Waals surface area (Å²) in [4.78, 5) is 14.3. The third kappa shape index (κ3) is 6.91. The predicted octanol–water partition coefficient (Wildman–Crippen LogP) is 5.39. The van der Waals surface area contributed by atoms with E-state index in [4.69, 9.17) is 16.6 Å². The van der Waals surface area contributed by atoms with Gasteiger partial charge in [-0.2, -0.15) is 0 Å². The van der Waals surface area contributed by atoms with Gasteiger partial charge in [0.05, 0.1) is 5.69 Å². The highest BCUT2D eigenvalue weighted by Gasteiger charge is 2.28. The number of allylic oxidation sites excluding steroid dienone is 3. The number of halogens is 1. The van der Waals surface area contributed by atoms with E-state index in [0.29, 0.717) is 17.0 Å². The van der Waals surface area contributed by atoms with Gasteiger partial charge in [0.15, 0.2) is 0 Å². The highest BCUT2D eigenvalue weighted by Crippen LogP contribution is 2.39. The fraction of sp³-hybridized carbons (Fsp3) is 0.500. The molecule has 0 atom stereocenters. The topological polar surface area (TPSA) is 44.3 Å². The first-order chi connectivity index (χ1) is 16.3. The molecule has 1 aromatic carbocycles. The third-order valence-corrected chi connectivity index (χ3v) is 6.81. The monoisotopic (exact) mass is 481 g/mol. The molecule has 0 radical (unpaired) electrons. The standard InChI is InChI=1S/C28H40ClN5/c1-20(2)34(6)28(22-12-15-30-16-13-22)27(21(3)23-9-7-10-24(29)19-23)25-14-17-31-26(32-25)11-8-18-33(4)5/h7,9-10,14,17,19-20,22,30H,3,8,11-13,15-16,18H2,1-2,4-6H3/b28-27+. The first kappa shape index (κ1) is 26.4. The Hall–Kier alpha value is -2.21. The van der Waals surface area contributed by atoms with Crippen LogP contribution in [0.1, 0.15) is 50.2 Å². The smallest absolute Gasteiger partial charge is 0.129 e. The van der Waals surface area contributed by atoms with Gasteiger partial charge in [-0.1, -0.05) is 30.3 Å². The lowest BCUT2D eigenvalue weighted by atomic mass is 9.85. The largest absolute Gasteiger partial charge is 0.375 e. The van der Waals surface area contributed by atoms with Crippen molar-refractivity contribution in [2.24, 2.45) is 5.92 Å². The number of hydrogen-bond acceptors (Lipinski definition) is 5. The Kier molecular flexibility index (Phi) is 9.69. The maximum atomic E-state index is 6.38. The molecular formula is C28H40ClN5. The van der Waals surface area contributed by atoms with Crippen LogP contribution in [0.3, 0.4) is 0 Å². The van der Waals surface area contributed by atoms with Crippen LogP contribution in [-0.2, 0) is 6.42 Å². The third-order valence-electron chi connectivity index (χ3n) is 6.58. The molecule has 184 valence electrons. The molecule has 1 fully saturated rings. The number of piperidine rings is 1. The number of aromatic nitrogens is 2. The van der Waals surface area contributed by atoms with Gasteiger partial charge in [-0.15, -0.1) is 0 Å². The average molecular weight is 482 g/mol. The fourth-order valence-electron chi connectivity index (χ4n) is 4.52. The van der Waals surface area contributed by atoms with E-state index in [9.17, 15) is 0 Å². The second-order valence-corrected chi connectivity index (χ2v) is 10.2. The molecule has 3 rings (SSSR count). The van der Waals surface area contributed by atoms with Crippen LogP contribution in [0.15, 0.2) is 48.8 Å². The first-order valence-corrected chi connectivity index (χ1v) is 12.8. The molecule has 5 nitrogen and oxygen atoms in total. The first-order valence-electron chi connectivity index (χ1n) is 12.4. The van der Waals surface area contributed by atoms with Crippen LogP contribution < -0.4 is 5.32 Å². The lowest BCUT2D eigenvalue weighted by Crippen LogP contribution is -2.36. The van der Waals surface area contributed by atoms with Crippen LogP contribution in [0.5, 0.6) is 0 Å².